The Bertz CT molecular complexity index is 1100. The summed E-state index contributed by atoms with van der Waals surface area (Å²) in [5.41, 5.74) is -0.755. The second kappa shape index (κ2) is 16.7. The number of nitrogens with zero attached hydrogens (tertiary/aromatic N) is 1. The minimum atomic E-state index is -1.04. The summed E-state index contributed by atoms with van der Waals surface area (Å²) in [6.07, 6.45) is 4.68. The van der Waals surface area contributed by atoms with Gasteiger partial charge >= 0.3 is 12.0 Å². The molecule has 254 valence electrons. The Labute approximate surface area is 268 Å². The highest BCUT2D eigenvalue weighted by atomic mass is 16.5. The number of likely N-dealkylation sites (tertiary alicyclic amines) is 1. The summed E-state index contributed by atoms with van der Waals surface area (Å²) in [5, 5.41) is 10.7. The molecule has 1 aliphatic carbocycles. The Morgan fingerprint density at radius 2 is 1.64 bits per heavy atom. The number of nitrogens with one attached hydrogen (secondary N) is 4. The van der Waals surface area contributed by atoms with Gasteiger partial charge in [0.15, 0.2) is 0 Å². The molecule has 4 N–H and O–H groups in total. The summed E-state index contributed by atoms with van der Waals surface area (Å²) in [7, 11) is 0. The third-order valence-electron chi connectivity index (χ3n) is 8.46. The number of carbonyl (C=O) groups is 6. The van der Waals surface area contributed by atoms with Crippen LogP contribution in [0.2, 0.25) is 0 Å². The molecule has 5 atom stereocenters. The highest BCUT2D eigenvalue weighted by molar-refractivity contribution is 6.38. The molecule has 1 saturated heterocycles. The van der Waals surface area contributed by atoms with Gasteiger partial charge in [0.05, 0.1) is 12.6 Å². The molecule has 5 amide bonds. The van der Waals surface area contributed by atoms with Crippen molar-refractivity contribution >= 4 is 35.5 Å². The molecular weight excluding hydrogens is 578 g/mol. The summed E-state index contributed by atoms with van der Waals surface area (Å²) in [5.74, 6) is -2.76. The van der Waals surface area contributed by atoms with Crippen molar-refractivity contribution in [1.82, 2.24) is 26.2 Å². The van der Waals surface area contributed by atoms with Crippen LogP contribution in [-0.4, -0.2) is 84.3 Å². The van der Waals surface area contributed by atoms with Gasteiger partial charge in [-0.15, -0.1) is 6.58 Å². The van der Waals surface area contributed by atoms with Crippen LogP contribution in [0, 0.1) is 29.1 Å². The van der Waals surface area contributed by atoms with E-state index in [2.05, 4.69) is 27.8 Å². The maximum absolute atomic E-state index is 14.2. The number of ketones is 1. The number of hydrogen-bond donors (Lipinski definition) is 4. The van der Waals surface area contributed by atoms with Crippen LogP contribution in [-0.2, 0) is 28.7 Å². The average molecular weight is 634 g/mol. The normalized spacial score (nSPS) is 20.2. The van der Waals surface area contributed by atoms with Crippen LogP contribution in [0.15, 0.2) is 12.7 Å². The number of hydrogen-bond acceptors (Lipinski definition) is 7. The predicted octanol–water partition coefficient (Wildman–Crippen LogP) is 2.71. The van der Waals surface area contributed by atoms with Gasteiger partial charge in [-0.3, -0.25) is 19.2 Å². The lowest BCUT2D eigenvalue weighted by atomic mass is 9.85. The van der Waals surface area contributed by atoms with Crippen molar-refractivity contribution in [3.63, 3.8) is 0 Å². The molecule has 0 radical (unpaired) electrons. The second-order valence-corrected chi connectivity index (χ2v) is 14.2. The molecule has 0 aromatic heterocycles. The fraction of sp³-hybridized carbons (Fsp3) is 0.758. The maximum Gasteiger partial charge on any atom is 0.328 e. The van der Waals surface area contributed by atoms with Gasteiger partial charge in [0.25, 0.3) is 5.91 Å². The van der Waals surface area contributed by atoms with E-state index in [0.717, 1.165) is 12.8 Å². The molecule has 12 nitrogen and oxygen atoms in total. The quantitative estimate of drug-likeness (QED) is 0.115. The molecule has 0 aromatic rings. The molecule has 1 heterocycles. The molecule has 2 fully saturated rings. The highest BCUT2D eigenvalue weighted by Crippen LogP contribution is 2.32. The molecule has 0 aromatic carbocycles. The average Bonchev–Trinajstić information content (AvgIpc) is 3.68. The molecule has 12 heteroatoms. The van der Waals surface area contributed by atoms with E-state index < -0.39 is 65.1 Å². The largest absolute Gasteiger partial charge is 0.464 e. The van der Waals surface area contributed by atoms with Crippen molar-refractivity contribution in [2.24, 2.45) is 29.1 Å². The van der Waals surface area contributed by atoms with Crippen LogP contribution in [0.5, 0.6) is 0 Å². The first-order valence-electron chi connectivity index (χ1n) is 16.3. The van der Waals surface area contributed by atoms with E-state index >= 15 is 0 Å². The highest BCUT2D eigenvalue weighted by Gasteiger charge is 2.46. The van der Waals surface area contributed by atoms with Crippen LogP contribution >= 0.6 is 0 Å². The van der Waals surface area contributed by atoms with Crippen molar-refractivity contribution in [1.29, 1.82) is 0 Å². The predicted molar refractivity (Wildman–Crippen MR) is 171 cm³/mol. The lowest BCUT2D eigenvalue weighted by Crippen LogP contribution is -2.61. The summed E-state index contributed by atoms with van der Waals surface area (Å²) in [6, 6.07) is -4.56. The van der Waals surface area contributed by atoms with Gasteiger partial charge in [-0.25, -0.2) is 9.59 Å². The van der Waals surface area contributed by atoms with E-state index in [0.29, 0.717) is 31.9 Å². The molecular formula is C33H55N5O7. The van der Waals surface area contributed by atoms with E-state index in [1.807, 2.05) is 41.5 Å². The number of rotatable bonds is 16. The number of ether oxygens (including phenoxy) is 1. The first-order valence-corrected chi connectivity index (χ1v) is 16.3. The van der Waals surface area contributed by atoms with Gasteiger partial charge < -0.3 is 30.9 Å². The zero-order chi connectivity index (χ0) is 34.1. The third kappa shape index (κ3) is 11.1. The molecule has 1 unspecified atom stereocenters. The van der Waals surface area contributed by atoms with Crippen molar-refractivity contribution < 1.29 is 33.5 Å². The zero-order valence-corrected chi connectivity index (χ0v) is 28.4. The van der Waals surface area contributed by atoms with Crippen molar-refractivity contribution in [3.8, 4) is 0 Å². The third-order valence-corrected chi connectivity index (χ3v) is 8.46. The van der Waals surface area contributed by atoms with E-state index in [9.17, 15) is 28.8 Å². The molecule has 0 spiro atoms. The van der Waals surface area contributed by atoms with Crippen LogP contribution in [0.3, 0.4) is 0 Å². The van der Waals surface area contributed by atoms with E-state index in [-0.39, 0.29) is 30.7 Å². The van der Waals surface area contributed by atoms with Crippen LogP contribution in [0.4, 0.5) is 4.79 Å². The number of carbonyl (C=O) groups excluding carboxylic acids is 6. The van der Waals surface area contributed by atoms with Gasteiger partial charge in [-0.2, -0.15) is 0 Å². The number of amides is 5. The van der Waals surface area contributed by atoms with Crippen molar-refractivity contribution in [3.05, 3.63) is 12.7 Å². The van der Waals surface area contributed by atoms with E-state index in [1.54, 1.807) is 13.8 Å². The Morgan fingerprint density at radius 1 is 1.00 bits per heavy atom. The van der Waals surface area contributed by atoms with Crippen LogP contribution in [0.25, 0.3) is 0 Å². The van der Waals surface area contributed by atoms with Crippen LogP contribution in [0.1, 0.15) is 87.5 Å². The van der Waals surface area contributed by atoms with Crippen molar-refractivity contribution in [2.75, 3.05) is 19.7 Å². The number of esters is 1. The summed E-state index contributed by atoms with van der Waals surface area (Å²) < 4.78 is 5.41. The molecule has 2 aliphatic rings. The minimum Gasteiger partial charge on any atom is -0.464 e. The van der Waals surface area contributed by atoms with Gasteiger partial charge in [0.2, 0.25) is 17.6 Å². The standard InChI is InChI=1S/C33H55N5O7/c1-10-12-23(26(39)29(41)34-15-11-2)35-28(40)24-16-22(19(3)4)17-38(24)30(42)27(33(7,8)9)37-32(44)36-25(20(5)6)31(43)45-18-21-13-14-21/h11,19-25,27H,2,10,12-18H2,1,3-9H3,(H,34,41)(H,35,40)(H2,36,37,44)/t22-,23?,24+,25+,27-/m1/s1. The van der Waals surface area contributed by atoms with Gasteiger partial charge in [0.1, 0.15) is 18.1 Å². The number of Topliss-reactive ketones (excluding diaryl/α,β-unsaturated/α-hetero) is 1. The SMILES string of the molecule is C=CCNC(=O)C(=O)C(CCC)NC(=O)[C@@H]1C[C@@H](C(C)C)CN1C(=O)[C@@H](NC(=O)N[C@H](C(=O)OCC1CC1)C(C)C)C(C)(C)C. The summed E-state index contributed by atoms with van der Waals surface area (Å²) in [4.78, 5) is 80.6. The topological polar surface area (TPSA) is 163 Å². The Balaban J connectivity index is 2.25. The summed E-state index contributed by atoms with van der Waals surface area (Å²) in [6.45, 7) is 19.2. The molecule has 45 heavy (non-hydrogen) atoms. The van der Waals surface area contributed by atoms with E-state index in [1.165, 1.54) is 11.0 Å². The molecule has 2 rings (SSSR count). The van der Waals surface area contributed by atoms with Gasteiger partial charge in [-0.05, 0) is 54.8 Å². The van der Waals surface area contributed by atoms with Gasteiger partial charge in [-0.1, -0.05) is 67.9 Å². The minimum absolute atomic E-state index is 0.00178. The van der Waals surface area contributed by atoms with Gasteiger partial charge in [0, 0.05) is 13.1 Å². The first kappa shape index (κ1) is 37.7. The van der Waals surface area contributed by atoms with Crippen molar-refractivity contribution in [2.45, 2.75) is 112 Å². The lowest BCUT2D eigenvalue weighted by molar-refractivity contribution is -0.147. The first-order chi connectivity index (χ1) is 21.0. The Kier molecular flexibility index (Phi) is 14.0. The monoisotopic (exact) mass is 633 g/mol. The van der Waals surface area contributed by atoms with E-state index in [4.69, 9.17) is 4.74 Å². The summed E-state index contributed by atoms with van der Waals surface area (Å²) >= 11 is 0. The fourth-order valence-electron chi connectivity index (χ4n) is 5.28. The second-order valence-electron chi connectivity index (χ2n) is 14.2. The number of urea groups is 1. The molecule has 1 saturated carbocycles. The zero-order valence-electron chi connectivity index (χ0n) is 28.4. The Hall–Kier alpha value is -3.44. The fourth-order valence-corrected chi connectivity index (χ4v) is 5.28. The lowest BCUT2D eigenvalue weighted by Gasteiger charge is -2.36. The van der Waals surface area contributed by atoms with Crippen LogP contribution < -0.4 is 21.3 Å². The maximum atomic E-state index is 14.2. The molecule has 0 bridgehead atoms. The smallest absolute Gasteiger partial charge is 0.328 e. The Morgan fingerprint density at radius 3 is 2.16 bits per heavy atom. The molecule has 1 aliphatic heterocycles.